The highest BCUT2D eigenvalue weighted by Crippen LogP contribution is 2.46. The fraction of sp³-hybridized carbons (Fsp3) is 0.600. The predicted octanol–water partition coefficient (Wildman–Crippen LogP) is 4.15. The number of hydrogen-bond donors (Lipinski definition) is 0. The summed E-state index contributed by atoms with van der Waals surface area (Å²) in [6.07, 6.45) is 1.26. The van der Waals surface area contributed by atoms with Gasteiger partial charge in [0.25, 0.3) is 0 Å². The average molecular weight is 233 g/mol. The minimum Gasteiger partial charge on any atom is -0.269 e. The van der Waals surface area contributed by atoms with Crippen LogP contribution < -0.4 is 0 Å². The monoisotopic (exact) mass is 233 g/mol. The molecule has 0 amide bonds. The van der Waals surface area contributed by atoms with E-state index in [0.717, 1.165) is 6.42 Å². The van der Waals surface area contributed by atoms with E-state index in [1.54, 1.807) is 0 Å². The lowest BCUT2D eigenvalue weighted by Crippen LogP contribution is -2.35. The van der Waals surface area contributed by atoms with Crippen LogP contribution >= 0.6 is 0 Å². The Morgan fingerprint density at radius 1 is 1.06 bits per heavy atom. The van der Waals surface area contributed by atoms with Crippen LogP contribution in [0.25, 0.3) is 0 Å². The van der Waals surface area contributed by atoms with Gasteiger partial charge in [0.1, 0.15) is 0 Å². The lowest BCUT2D eigenvalue weighted by Gasteiger charge is -2.31. The molecular weight excluding hydrogens is 210 g/mol. The van der Waals surface area contributed by atoms with Crippen molar-refractivity contribution in [3.8, 4) is 0 Å². The Kier molecular flexibility index (Phi) is 3.04. The van der Waals surface area contributed by atoms with Crippen LogP contribution in [0.2, 0.25) is 0 Å². The number of rotatable bonds is 3. The summed E-state index contributed by atoms with van der Waals surface area (Å²) in [5.41, 5.74) is 1.64. The van der Waals surface area contributed by atoms with Crippen molar-refractivity contribution < 1.29 is 4.84 Å². The average Bonchev–Trinajstić information content (AvgIpc) is 2.95. The van der Waals surface area contributed by atoms with Crippen LogP contribution in [0.3, 0.4) is 0 Å². The quantitative estimate of drug-likeness (QED) is 0.729. The van der Waals surface area contributed by atoms with Crippen molar-refractivity contribution in [2.75, 3.05) is 0 Å². The lowest BCUT2D eigenvalue weighted by molar-refractivity contribution is 0.0551. The zero-order valence-electron chi connectivity index (χ0n) is 11.5. The predicted molar refractivity (Wildman–Crippen MR) is 70.3 cm³/mol. The van der Waals surface area contributed by atoms with Crippen LogP contribution in [0, 0.1) is 5.41 Å². The van der Waals surface area contributed by atoms with Gasteiger partial charge in [-0.1, -0.05) is 51.1 Å². The highest BCUT2D eigenvalue weighted by Gasteiger charge is 2.49. The third-order valence-corrected chi connectivity index (χ3v) is 3.03. The Hall–Kier alpha value is -0.860. The molecule has 0 aromatic heterocycles. The van der Waals surface area contributed by atoms with Crippen LogP contribution in [0.15, 0.2) is 30.3 Å². The molecule has 1 aliphatic heterocycles. The van der Waals surface area contributed by atoms with E-state index in [9.17, 15) is 0 Å². The van der Waals surface area contributed by atoms with E-state index in [0.29, 0.717) is 5.41 Å². The first kappa shape index (κ1) is 12.6. The molecule has 2 nitrogen and oxygen atoms in total. The van der Waals surface area contributed by atoms with Crippen molar-refractivity contribution in [3.05, 3.63) is 35.9 Å². The van der Waals surface area contributed by atoms with E-state index in [1.807, 2.05) is 6.07 Å². The number of hydroxylamine groups is 2. The lowest BCUT2D eigenvalue weighted by atomic mass is 9.81. The number of benzene rings is 1. The first-order valence-corrected chi connectivity index (χ1v) is 6.31. The molecule has 1 saturated heterocycles. The molecule has 2 rings (SSSR count). The van der Waals surface area contributed by atoms with Gasteiger partial charge in [-0.05, 0) is 31.2 Å². The summed E-state index contributed by atoms with van der Waals surface area (Å²) >= 11 is 0. The smallest absolute Gasteiger partial charge is 0.180 e. The molecule has 0 bridgehead atoms. The SMILES string of the molecule is CC(C)(C)CC(C)(C)N1OC1c1ccccc1. The van der Waals surface area contributed by atoms with Crippen molar-refractivity contribution in [2.45, 2.75) is 52.8 Å². The summed E-state index contributed by atoms with van der Waals surface area (Å²) < 4.78 is 0. The van der Waals surface area contributed by atoms with Gasteiger partial charge in [-0.15, -0.1) is 5.06 Å². The summed E-state index contributed by atoms with van der Waals surface area (Å²) in [7, 11) is 0. The summed E-state index contributed by atoms with van der Waals surface area (Å²) in [4.78, 5) is 5.75. The molecule has 1 fully saturated rings. The van der Waals surface area contributed by atoms with Crippen molar-refractivity contribution in [2.24, 2.45) is 5.41 Å². The van der Waals surface area contributed by atoms with Crippen molar-refractivity contribution >= 4 is 0 Å². The topological polar surface area (TPSA) is 15.5 Å². The molecule has 1 aromatic rings. The third-order valence-electron chi connectivity index (χ3n) is 3.03. The number of nitrogens with zero attached hydrogens (tertiary/aromatic N) is 1. The summed E-state index contributed by atoms with van der Waals surface area (Å²) in [5.74, 6) is 0. The molecule has 0 aliphatic carbocycles. The summed E-state index contributed by atoms with van der Waals surface area (Å²) in [6.45, 7) is 11.3. The van der Waals surface area contributed by atoms with Gasteiger partial charge in [-0.2, -0.15) is 0 Å². The minimum absolute atomic E-state index is 0.0821. The second-order valence-corrected chi connectivity index (χ2v) is 6.74. The Bertz CT molecular complexity index is 378. The van der Waals surface area contributed by atoms with Gasteiger partial charge in [0.15, 0.2) is 6.23 Å². The third kappa shape index (κ3) is 3.08. The first-order valence-electron chi connectivity index (χ1n) is 6.31. The van der Waals surface area contributed by atoms with Gasteiger partial charge in [0, 0.05) is 5.54 Å². The Labute approximate surface area is 105 Å². The Balaban J connectivity index is 2.03. The Morgan fingerprint density at radius 3 is 2.18 bits per heavy atom. The van der Waals surface area contributed by atoms with Gasteiger partial charge in [-0.3, -0.25) is 4.84 Å². The fourth-order valence-electron chi connectivity index (χ4n) is 2.73. The second kappa shape index (κ2) is 4.11. The van der Waals surface area contributed by atoms with Crippen molar-refractivity contribution in [3.63, 3.8) is 0 Å². The molecule has 2 heteroatoms. The fourth-order valence-corrected chi connectivity index (χ4v) is 2.73. The zero-order chi connectivity index (χ0) is 12.7. The van der Waals surface area contributed by atoms with E-state index in [-0.39, 0.29) is 11.8 Å². The largest absolute Gasteiger partial charge is 0.269 e. The molecule has 94 valence electrons. The summed E-state index contributed by atoms with van der Waals surface area (Å²) in [6, 6.07) is 10.4. The van der Waals surface area contributed by atoms with Crippen LogP contribution in [0.5, 0.6) is 0 Å². The Morgan fingerprint density at radius 2 is 1.65 bits per heavy atom. The molecule has 1 aromatic carbocycles. The van der Waals surface area contributed by atoms with Gasteiger partial charge in [0.2, 0.25) is 0 Å². The van der Waals surface area contributed by atoms with Gasteiger partial charge in [0.05, 0.1) is 0 Å². The van der Waals surface area contributed by atoms with Crippen LogP contribution in [0.4, 0.5) is 0 Å². The maximum atomic E-state index is 5.75. The van der Waals surface area contributed by atoms with Gasteiger partial charge >= 0.3 is 0 Å². The normalized spacial score (nSPS) is 24.8. The zero-order valence-corrected chi connectivity index (χ0v) is 11.5. The molecular formula is C15H23NO. The standard InChI is InChI=1S/C15H23NO/c1-14(2,3)11-15(4,5)16-13(17-16)12-9-7-6-8-10-12/h6-10,13H,11H2,1-5H3. The molecule has 0 saturated carbocycles. The van der Waals surface area contributed by atoms with Crippen molar-refractivity contribution in [1.82, 2.24) is 5.06 Å². The van der Waals surface area contributed by atoms with E-state index in [2.05, 4.69) is 63.9 Å². The molecule has 0 spiro atoms. The molecule has 1 heterocycles. The van der Waals surface area contributed by atoms with E-state index < -0.39 is 0 Å². The highest BCUT2D eigenvalue weighted by molar-refractivity contribution is 5.19. The summed E-state index contributed by atoms with van der Waals surface area (Å²) in [5, 5.41) is 2.12. The highest BCUT2D eigenvalue weighted by atomic mass is 16.8. The van der Waals surface area contributed by atoms with E-state index in [4.69, 9.17) is 4.84 Å². The van der Waals surface area contributed by atoms with E-state index >= 15 is 0 Å². The molecule has 2 unspecified atom stereocenters. The van der Waals surface area contributed by atoms with E-state index in [1.165, 1.54) is 5.56 Å². The molecule has 17 heavy (non-hydrogen) atoms. The van der Waals surface area contributed by atoms with Crippen LogP contribution in [-0.2, 0) is 4.84 Å². The maximum absolute atomic E-state index is 5.75. The maximum Gasteiger partial charge on any atom is 0.180 e. The minimum atomic E-state index is 0.0821. The van der Waals surface area contributed by atoms with Crippen LogP contribution in [0.1, 0.15) is 52.8 Å². The number of hydrogen-bond acceptors (Lipinski definition) is 2. The second-order valence-electron chi connectivity index (χ2n) is 6.74. The first-order chi connectivity index (χ1) is 7.80. The van der Waals surface area contributed by atoms with Gasteiger partial charge in [-0.25, -0.2) is 0 Å². The van der Waals surface area contributed by atoms with Crippen molar-refractivity contribution in [1.29, 1.82) is 0 Å². The van der Waals surface area contributed by atoms with Gasteiger partial charge < -0.3 is 0 Å². The van der Waals surface area contributed by atoms with Crippen LogP contribution in [-0.4, -0.2) is 10.6 Å². The molecule has 0 radical (unpaired) electrons. The molecule has 2 atom stereocenters. The molecule has 1 aliphatic rings. The molecule has 0 N–H and O–H groups in total.